The highest BCUT2D eigenvalue weighted by Crippen LogP contribution is 2.20. The fourth-order valence-electron chi connectivity index (χ4n) is 2.70. The van der Waals surface area contributed by atoms with E-state index < -0.39 is 0 Å². The Morgan fingerprint density at radius 3 is 2.09 bits per heavy atom. The molecular weight excluding hydrogens is 272 g/mol. The van der Waals surface area contributed by atoms with Crippen LogP contribution in [0.5, 0.6) is 0 Å². The summed E-state index contributed by atoms with van der Waals surface area (Å²) in [6, 6.07) is 12.1. The van der Waals surface area contributed by atoms with E-state index in [1.165, 1.54) is 16.7 Å². The van der Waals surface area contributed by atoms with Crippen LogP contribution in [0.2, 0.25) is 0 Å². The molecule has 3 nitrogen and oxygen atoms in total. The van der Waals surface area contributed by atoms with E-state index >= 15 is 0 Å². The van der Waals surface area contributed by atoms with Gasteiger partial charge in [0.15, 0.2) is 0 Å². The van der Waals surface area contributed by atoms with Crippen LogP contribution in [-0.4, -0.2) is 6.03 Å². The summed E-state index contributed by atoms with van der Waals surface area (Å²) in [7, 11) is 0. The van der Waals surface area contributed by atoms with E-state index in [1.54, 1.807) is 0 Å². The highest BCUT2D eigenvalue weighted by Gasteiger charge is 2.12. The predicted octanol–water partition coefficient (Wildman–Crippen LogP) is 4.80. The molecule has 2 aromatic carbocycles. The Morgan fingerprint density at radius 1 is 0.909 bits per heavy atom. The number of nitrogens with one attached hydrogen (secondary N) is 2. The number of amides is 2. The largest absolute Gasteiger partial charge is 0.331 e. The van der Waals surface area contributed by atoms with Crippen molar-refractivity contribution >= 4 is 11.7 Å². The first-order chi connectivity index (χ1) is 10.4. The third kappa shape index (κ3) is 3.88. The van der Waals surface area contributed by atoms with Crippen LogP contribution in [-0.2, 0) is 0 Å². The summed E-state index contributed by atoms with van der Waals surface area (Å²) in [5.41, 5.74) is 6.66. The average molecular weight is 296 g/mol. The molecule has 22 heavy (non-hydrogen) atoms. The molecule has 1 atom stereocenters. The number of carbonyl (C=O) groups is 1. The van der Waals surface area contributed by atoms with Crippen molar-refractivity contribution in [1.29, 1.82) is 0 Å². The molecule has 0 aromatic heterocycles. The highest BCUT2D eigenvalue weighted by molar-refractivity contribution is 5.90. The first-order valence-corrected chi connectivity index (χ1v) is 7.58. The summed E-state index contributed by atoms with van der Waals surface area (Å²) in [5.74, 6) is 0. The van der Waals surface area contributed by atoms with Gasteiger partial charge in [-0.15, -0.1) is 0 Å². The van der Waals surface area contributed by atoms with Gasteiger partial charge in [0.2, 0.25) is 0 Å². The van der Waals surface area contributed by atoms with Crippen LogP contribution in [0.1, 0.15) is 40.8 Å². The zero-order valence-corrected chi connectivity index (χ0v) is 13.9. The SMILES string of the molecule is Cc1ccc(NC(=O)NC(C)c2ccc(C)cc2C)c(C)c1. The lowest BCUT2D eigenvalue weighted by Gasteiger charge is -2.18. The molecule has 0 saturated heterocycles. The van der Waals surface area contributed by atoms with E-state index in [0.29, 0.717) is 0 Å². The maximum Gasteiger partial charge on any atom is 0.319 e. The van der Waals surface area contributed by atoms with Crippen LogP contribution >= 0.6 is 0 Å². The second-order valence-corrected chi connectivity index (χ2v) is 6.00. The van der Waals surface area contributed by atoms with E-state index in [4.69, 9.17) is 0 Å². The summed E-state index contributed by atoms with van der Waals surface area (Å²) >= 11 is 0. The molecule has 0 aliphatic heterocycles. The molecular formula is C19H24N2O. The van der Waals surface area contributed by atoms with Gasteiger partial charge < -0.3 is 10.6 Å². The highest BCUT2D eigenvalue weighted by atomic mass is 16.2. The van der Waals surface area contributed by atoms with Gasteiger partial charge in [0, 0.05) is 5.69 Å². The first-order valence-electron chi connectivity index (χ1n) is 7.58. The van der Waals surface area contributed by atoms with E-state index in [-0.39, 0.29) is 12.1 Å². The predicted molar refractivity (Wildman–Crippen MR) is 92.4 cm³/mol. The number of benzene rings is 2. The molecule has 0 spiro atoms. The quantitative estimate of drug-likeness (QED) is 0.839. The van der Waals surface area contributed by atoms with Crippen molar-refractivity contribution < 1.29 is 4.79 Å². The number of aryl methyl sites for hydroxylation is 4. The molecule has 2 rings (SSSR count). The lowest BCUT2D eigenvalue weighted by Crippen LogP contribution is -2.31. The second-order valence-electron chi connectivity index (χ2n) is 6.00. The Hall–Kier alpha value is -2.29. The van der Waals surface area contributed by atoms with Gasteiger partial charge in [0.25, 0.3) is 0 Å². The van der Waals surface area contributed by atoms with Crippen LogP contribution in [0, 0.1) is 27.7 Å². The van der Waals surface area contributed by atoms with Crippen LogP contribution in [0.3, 0.4) is 0 Å². The monoisotopic (exact) mass is 296 g/mol. The van der Waals surface area contributed by atoms with Gasteiger partial charge in [-0.3, -0.25) is 0 Å². The van der Waals surface area contributed by atoms with Crippen molar-refractivity contribution in [3.63, 3.8) is 0 Å². The molecule has 1 unspecified atom stereocenters. The molecule has 0 aliphatic carbocycles. The minimum atomic E-state index is -0.181. The zero-order chi connectivity index (χ0) is 16.3. The number of urea groups is 1. The summed E-state index contributed by atoms with van der Waals surface area (Å²) in [6.07, 6.45) is 0. The van der Waals surface area contributed by atoms with E-state index in [9.17, 15) is 4.79 Å². The molecule has 3 heteroatoms. The Kier molecular flexibility index (Phi) is 4.86. The Balaban J connectivity index is 2.05. The zero-order valence-electron chi connectivity index (χ0n) is 13.9. The maximum atomic E-state index is 12.2. The van der Waals surface area contributed by atoms with Gasteiger partial charge in [-0.2, -0.15) is 0 Å². The van der Waals surface area contributed by atoms with Gasteiger partial charge in [-0.1, -0.05) is 41.5 Å². The van der Waals surface area contributed by atoms with Crippen molar-refractivity contribution in [1.82, 2.24) is 5.32 Å². The number of anilines is 1. The van der Waals surface area contributed by atoms with Gasteiger partial charge in [-0.25, -0.2) is 4.79 Å². The fraction of sp³-hybridized carbons (Fsp3) is 0.316. The van der Waals surface area contributed by atoms with E-state index in [0.717, 1.165) is 16.8 Å². The smallest absolute Gasteiger partial charge is 0.319 e. The molecule has 2 aromatic rings. The molecule has 2 N–H and O–H groups in total. The number of carbonyl (C=O) groups excluding carboxylic acids is 1. The van der Waals surface area contributed by atoms with Crippen molar-refractivity contribution in [2.45, 2.75) is 40.7 Å². The van der Waals surface area contributed by atoms with E-state index in [1.807, 2.05) is 32.9 Å². The number of hydrogen-bond donors (Lipinski definition) is 2. The average Bonchev–Trinajstić information content (AvgIpc) is 2.41. The van der Waals surface area contributed by atoms with Crippen molar-refractivity contribution in [3.8, 4) is 0 Å². The lowest BCUT2D eigenvalue weighted by atomic mass is 10.0. The molecule has 0 bridgehead atoms. The minimum Gasteiger partial charge on any atom is -0.331 e. The second kappa shape index (κ2) is 6.65. The lowest BCUT2D eigenvalue weighted by molar-refractivity contribution is 0.249. The number of rotatable bonds is 3. The third-order valence-electron chi connectivity index (χ3n) is 3.87. The van der Waals surface area contributed by atoms with Crippen LogP contribution < -0.4 is 10.6 Å². The van der Waals surface area contributed by atoms with Crippen molar-refractivity contribution in [2.24, 2.45) is 0 Å². The molecule has 0 aliphatic rings. The molecule has 0 fully saturated rings. The minimum absolute atomic E-state index is 0.0358. The summed E-state index contributed by atoms with van der Waals surface area (Å²) < 4.78 is 0. The molecule has 0 saturated carbocycles. The standard InChI is InChI=1S/C19H24N2O/c1-12-6-8-17(14(3)10-12)16(5)20-19(22)21-18-9-7-13(2)11-15(18)4/h6-11,16H,1-5H3,(H2,20,21,22). The topological polar surface area (TPSA) is 41.1 Å². The summed E-state index contributed by atoms with van der Waals surface area (Å²) in [5, 5.41) is 5.92. The van der Waals surface area contributed by atoms with Crippen LogP contribution in [0.4, 0.5) is 10.5 Å². The van der Waals surface area contributed by atoms with Crippen molar-refractivity contribution in [2.75, 3.05) is 5.32 Å². The van der Waals surface area contributed by atoms with Crippen LogP contribution in [0.25, 0.3) is 0 Å². The van der Waals surface area contributed by atoms with E-state index in [2.05, 4.69) is 48.7 Å². The molecule has 116 valence electrons. The fourth-order valence-corrected chi connectivity index (χ4v) is 2.70. The Morgan fingerprint density at radius 2 is 1.50 bits per heavy atom. The Bertz CT molecular complexity index is 692. The normalized spacial score (nSPS) is 11.9. The van der Waals surface area contributed by atoms with Gasteiger partial charge in [0.05, 0.1) is 6.04 Å². The summed E-state index contributed by atoms with van der Waals surface area (Å²) in [4.78, 5) is 12.2. The van der Waals surface area contributed by atoms with Gasteiger partial charge in [-0.05, 0) is 57.4 Å². The first kappa shape index (κ1) is 16.1. The maximum absolute atomic E-state index is 12.2. The molecule has 0 heterocycles. The summed E-state index contributed by atoms with van der Waals surface area (Å²) in [6.45, 7) is 10.2. The van der Waals surface area contributed by atoms with Crippen molar-refractivity contribution in [3.05, 3.63) is 64.2 Å². The van der Waals surface area contributed by atoms with Gasteiger partial charge >= 0.3 is 6.03 Å². The molecule has 2 amide bonds. The van der Waals surface area contributed by atoms with Crippen LogP contribution in [0.15, 0.2) is 36.4 Å². The third-order valence-corrected chi connectivity index (χ3v) is 3.87. The Labute approximate surface area is 132 Å². The number of hydrogen-bond acceptors (Lipinski definition) is 1. The van der Waals surface area contributed by atoms with Gasteiger partial charge in [0.1, 0.15) is 0 Å². The molecule has 0 radical (unpaired) electrons.